The number of hydrogen-bond acceptors (Lipinski definition) is 2. The van der Waals surface area contributed by atoms with Crippen molar-refractivity contribution in [2.24, 2.45) is 5.92 Å². The number of hydrogen-bond donors (Lipinski definition) is 0. The predicted octanol–water partition coefficient (Wildman–Crippen LogP) is 6.85. The molecule has 3 heteroatoms. The van der Waals surface area contributed by atoms with E-state index in [1.54, 1.807) is 6.08 Å². The van der Waals surface area contributed by atoms with E-state index in [0.29, 0.717) is 5.92 Å². The Kier molecular flexibility index (Phi) is 9.89. The Morgan fingerprint density at radius 3 is 2.20 bits per heavy atom. The number of rotatable bonds is 10. The number of carbonyl (C=O) groups excluding carboxylic acids is 1. The lowest BCUT2D eigenvalue weighted by atomic mass is 9.93. The monoisotopic (exact) mass is 364 g/mol. The Balaban J connectivity index is 5.26. The van der Waals surface area contributed by atoms with Gasteiger partial charge in [-0.15, -0.1) is 0 Å². The van der Waals surface area contributed by atoms with E-state index < -0.39 is 8.32 Å². The predicted molar refractivity (Wildman–Crippen MR) is 113 cm³/mol. The van der Waals surface area contributed by atoms with Gasteiger partial charge in [0.25, 0.3) is 0 Å². The topological polar surface area (TPSA) is 26.3 Å². The molecule has 0 saturated heterocycles. The smallest absolute Gasteiger partial charge is 0.192 e. The Bertz CT molecular complexity index is 507. The van der Waals surface area contributed by atoms with Gasteiger partial charge in [0.15, 0.2) is 8.32 Å². The largest absolute Gasteiger partial charge is 0.410 e. The molecule has 0 radical (unpaired) electrons. The number of allylic oxidation sites excluding steroid dienone is 4. The molecular weight excluding hydrogens is 324 g/mol. The SMILES string of the molecule is C=C(C)C(C)CC(O[Si](C)(C)C(C)(C)C)/C(C)=C/CC/C(C)=C/C=O. The Morgan fingerprint density at radius 2 is 1.76 bits per heavy atom. The summed E-state index contributed by atoms with van der Waals surface area (Å²) in [6, 6.07) is 0. The second-order valence-electron chi connectivity index (χ2n) is 8.99. The molecule has 0 aromatic rings. The van der Waals surface area contributed by atoms with E-state index in [4.69, 9.17) is 4.43 Å². The van der Waals surface area contributed by atoms with Crippen LogP contribution in [0.5, 0.6) is 0 Å². The van der Waals surface area contributed by atoms with Gasteiger partial charge in [-0.25, -0.2) is 0 Å². The Morgan fingerprint density at radius 1 is 1.20 bits per heavy atom. The zero-order valence-corrected chi connectivity index (χ0v) is 19.0. The second kappa shape index (κ2) is 10.3. The lowest BCUT2D eigenvalue weighted by Gasteiger charge is -2.40. The first-order chi connectivity index (χ1) is 11.3. The lowest BCUT2D eigenvalue weighted by molar-refractivity contribution is -0.104. The van der Waals surface area contributed by atoms with E-state index in [9.17, 15) is 4.79 Å². The average molecular weight is 365 g/mol. The molecule has 0 heterocycles. The Labute approximate surface area is 157 Å². The van der Waals surface area contributed by atoms with Crippen molar-refractivity contribution >= 4 is 14.6 Å². The molecular formula is C22H40O2Si. The summed E-state index contributed by atoms with van der Waals surface area (Å²) in [7, 11) is -1.83. The lowest BCUT2D eigenvalue weighted by Crippen LogP contribution is -2.44. The molecule has 0 rings (SSSR count). The fraction of sp³-hybridized carbons (Fsp3) is 0.682. The summed E-state index contributed by atoms with van der Waals surface area (Å²) in [5, 5.41) is 0.196. The van der Waals surface area contributed by atoms with Gasteiger partial charge in [-0.1, -0.05) is 51.5 Å². The number of aldehydes is 1. The van der Waals surface area contributed by atoms with Gasteiger partial charge in [0, 0.05) is 0 Å². The summed E-state index contributed by atoms with van der Waals surface area (Å²) in [5.74, 6) is 0.440. The van der Waals surface area contributed by atoms with Crippen molar-refractivity contribution in [2.45, 2.75) is 92.0 Å². The van der Waals surface area contributed by atoms with Crippen LogP contribution < -0.4 is 0 Å². The summed E-state index contributed by atoms with van der Waals surface area (Å²) in [4.78, 5) is 10.5. The van der Waals surface area contributed by atoms with Crippen LogP contribution in [0.1, 0.15) is 67.7 Å². The van der Waals surface area contributed by atoms with Gasteiger partial charge < -0.3 is 4.43 Å². The molecule has 0 spiro atoms. The van der Waals surface area contributed by atoms with Gasteiger partial charge in [0.2, 0.25) is 0 Å². The van der Waals surface area contributed by atoms with Gasteiger partial charge in [-0.05, 0) is 75.7 Å². The summed E-state index contributed by atoms with van der Waals surface area (Å²) in [5.41, 5.74) is 3.63. The first kappa shape index (κ1) is 24.1. The first-order valence-corrected chi connectivity index (χ1v) is 12.3. The van der Waals surface area contributed by atoms with Gasteiger partial charge in [0.1, 0.15) is 6.29 Å². The molecule has 0 aliphatic carbocycles. The van der Waals surface area contributed by atoms with Crippen molar-refractivity contribution in [3.05, 3.63) is 35.5 Å². The third-order valence-electron chi connectivity index (χ3n) is 5.52. The molecule has 0 bridgehead atoms. The van der Waals surface area contributed by atoms with E-state index >= 15 is 0 Å². The first-order valence-electron chi connectivity index (χ1n) is 9.42. The molecule has 0 fully saturated rings. The van der Waals surface area contributed by atoms with Crippen LogP contribution in [0.15, 0.2) is 35.5 Å². The van der Waals surface area contributed by atoms with Crippen LogP contribution in [0.25, 0.3) is 0 Å². The van der Waals surface area contributed by atoms with E-state index in [-0.39, 0.29) is 11.1 Å². The van der Waals surface area contributed by atoms with Gasteiger partial charge >= 0.3 is 0 Å². The molecule has 25 heavy (non-hydrogen) atoms. The van der Waals surface area contributed by atoms with Gasteiger partial charge in [-0.2, -0.15) is 0 Å². The fourth-order valence-electron chi connectivity index (χ4n) is 2.24. The van der Waals surface area contributed by atoms with Crippen molar-refractivity contribution in [3.8, 4) is 0 Å². The van der Waals surface area contributed by atoms with E-state index in [1.807, 2.05) is 6.92 Å². The molecule has 0 aliphatic rings. The fourth-order valence-corrected chi connectivity index (χ4v) is 3.59. The van der Waals surface area contributed by atoms with E-state index in [2.05, 4.69) is 67.3 Å². The van der Waals surface area contributed by atoms with E-state index in [0.717, 1.165) is 31.1 Å². The maximum Gasteiger partial charge on any atom is 0.192 e. The van der Waals surface area contributed by atoms with Crippen LogP contribution in [-0.4, -0.2) is 20.7 Å². The highest BCUT2D eigenvalue weighted by Gasteiger charge is 2.39. The number of carbonyl (C=O) groups is 1. The minimum absolute atomic E-state index is 0.142. The summed E-state index contributed by atoms with van der Waals surface area (Å²) < 4.78 is 6.75. The molecule has 2 unspecified atom stereocenters. The molecule has 0 aromatic heterocycles. The zero-order chi connectivity index (χ0) is 19.8. The van der Waals surface area contributed by atoms with Crippen LogP contribution in [0, 0.1) is 5.92 Å². The highest BCUT2D eigenvalue weighted by Crippen LogP contribution is 2.39. The molecule has 0 N–H and O–H groups in total. The van der Waals surface area contributed by atoms with Crippen LogP contribution >= 0.6 is 0 Å². The summed E-state index contributed by atoms with van der Waals surface area (Å²) >= 11 is 0. The minimum Gasteiger partial charge on any atom is -0.410 e. The van der Waals surface area contributed by atoms with Gasteiger partial charge in [-0.3, -0.25) is 4.79 Å². The average Bonchev–Trinajstić information content (AvgIpc) is 2.44. The van der Waals surface area contributed by atoms with Crippen molar-refractivity contribution in [1.82, 2.24) is 0 Å². The third-order valence-corrected chi connectivity index (χ3v) is 10.0. The molecule has 0 amide bonds. The molecule has 0 aromatic carbocycles. The Hall–Kier alpha value is -0.933. The maximum atomic E-state index is 10.5. The van der Waals surface area contributed by atoms with Gasteiger partial charge in [0.05, 0.1) is 6.10 Å². The normalized spacial score (nSPS) is 16.5. The quantitative estimate of drug-likeness (QED) is 0.183. The highest BCUT2D eigenvalue weighted by atomic mass is 28.4. The summed E-state index contributed by atoms with van der Waals surface area (Å²) in [6.45, 7) is 24.1. The van der Waals surface area contributed by atoms with E-state index in [1.165, 1.54) is 11.1 Å². The second-order valence-corrected chi connectivity index (χ2v) is 13.7. The van der Waals surface area contributed by atoms with Crippen molar-refractivity contribution in [1.29, 1.82) is 0 Å². The van der Waals surface area contributed by atoms with Crippen molar-refractivity contribution < 1.29 is 9.22 Å². The molecule has 0 saturated carbocycles. The zero-order valence-electron chi connectivity index (χ0n) is 18.0. The van der Waals surface area contributed by atoms with Crippen molar-refractivity contribution in [3.63, 3.8) is 0 Å². The highest BCUT2D eigenvalue weighted by molar-refractivity contribution is 6.74. The van der Waals surface area contributed by atoms with Crippen molar-refractivity contribution in [2.75, 3.05) is 0 Å². The molecule has 144 valence electrons. The molecule has 2 atom stereocenters. The molecule has 0 aliphatic heterocycles. The molecule has 2 nitrogen and oxygen atoms in total. The van der Waals surface area contributed by atoms with Crippen LogP contribution in [0.4, 0.5) is 0 Å². The van der Waals surface area contributed by atoms with Crippen LogP contribution in [0.2, 0.25) is 18.1 Å². The third kappa shape index (κ3) is 8.82. The standard InChI is InChI=1S/C22H40O2Si/c1-17(2)20(5)16-21(24-25(9,10)22(6,7)8)19(4)13-11-12-18(3)14-15-23/h13-15,20-21H,1,11-12,16H2,2-10H3/b18-14+,19-13+. The van der Waals surface area contributed by atoms with Crippen LogP contribution in [0.3, 0.4) is 0 Å². The van der Waals surface area contributed by atoms with Crippen LogP contribution in [-0.2, 0) is 9.22 Å². The summed E-state index contributed by atoms with van der Waals surface area (Å²) in [6.07, 6.45) is 7.78. The maximum absolute atomic E-state index is 10.5. The minimum atomic E-state index is -1.83.